The highest BCUT2D eigenvalue weighted by Gasteiger charge is 1.99. The van der Waals surface area contributed by atoms with Crippen LogP contribution in [0.25, 0.3) is 6.08 Å². The van der Waals surface area contributed by atoms with E-state index in [1.807, 2.05) is 18.2 Å². The second-order valence-corrected chi connectivity index (χ2v) is 4.38. The van der Waals surface area contributed by atoms with Crippen LogP contribution in [-0.4, -0.2) is 5.91 Å². The lowest BCUT2D eigenvalue weighted by molar-refractivity contribution is -0.111. The van der Waals surface area contributed by atoms with Gasteiger partial charge in [0, 0.05) is 22.5 Å². The SMILES string of the molecule is Nc1cccc(NC(=O)/C=C/c2ccccc2Cl)c1. The van der Waals surface area contributed by atoms with Crippen LogP contribution in [-0.2, 0) is 4.79 Å². The van der Waals surface area contributed by atoms with Gasteiger partial charge in [-0.15, -0.1) is 0 Å². The third kappa shape index (κ3) is 3.86. The fourth-order valence-electron chi connectivity index (χ4n) is 1.58. The number of nitrogens with one attached hydrogen (secondary N) is 1. The van der Waals surface area contributed by atoms with Crippen molar-refractivity contribution < 1.29 is 4.79 Å². The van der Waals surface area contributed by atoms with E-state index in [-0.39, 0.29) is 5.91 Å². The molecule has 96 valence electrons. The van der Waals surface area contributed by atoms with Crippen molar-refractivity contribution in [2.45, 2.75) is 0 Å². The average Bonchev–Trinajstić information content (AvgIpc) is 2.38. The molecule has 0 saturated heterocycles. The number of hydrogen-bond acceptors (Lipinski definition) is 2. The van der Waals surface area contributed by atoms with Crippen LogP contribution in [0.4, 0.5) is 11.4 Å². The number of halogens is 1. The van der Waals surface area contributed by atoms with Crippen molar-refractivity contribution in [2.24, 2.45) is 0 Å². The number of carbonyl (C=O) groups excluding carboxylic acids is 1. The number of benzene rings is 2. The maximum atomic E-state index is 11.7. The number of rotatable bonds is 3. The molecule has 0 aliphatic carbocycles. The van der Waals surface area contributed by atoms with E-state index in [0.717, 1.165) is 5.56 Å². The molecule has 2 aromatic carbocycles. The molecule has 0 bridgehead atoms. The lowest BCUT2D eigenvalue weighted by Crippen LogP contribution is -2.07. The third-order valence-electron chi connectivity index (χ3n) is 2.47. The molecule has 0 unspecified atom stereocenters. The molecule has 0 aromatic heterocycles. The molecule has 0 spiro atoms. The highest BCUT2D eigenvalue weighted by atomic mass is 35.5. The second kappa shape index (κ2) is 6.07. The Kier molecular flexibility index (Phi) is 4.21. The van der Waals surface area contributed by atoms with E-state index in [2.05, 4.69) is 5.32 Å². The van der Waals surface area contributed by atoms with Crippen LogP contribution < -0.4 is 11.1 Å². The third-order valence-corrected chi connectivity index (χ3v) is 2.82. The van der Waals surface area contributed by atoms with Crippen molar-refractivity contribution in [3.63, 3.8) is 0 Å². The van der Waals surface area contributed by atoms with Gasteiger partial charge in [0.05, 0.1) is 0 Å². The van der Waals surface area contributed by atoms with Crippen LogP contribution in [0.1, 0.15) is 5.56 Å². The summed E-state index contributed by atoms with van der Waals surface area (Å²) in [4.78, 5) is 11.7. The molecule has 3 nitrogen and oxygen atoms in total. The smallest absolute Gasteiger partial charge is 0.248 e. The summed E-state index contributed by atoms with van der Waals surface area (Å²) in [6.45, 7) is 0. The summed E-state index contributed by atoms with van der Waals surface area (Å²) in [5.74, 6) is -0.231. The summed E-state index contributed by atoms with van der Waals surface area (Å²) in [6.07, 6.45) is 3.11. The Bertz CT molecular complexity index is 623. The lowest BCUT2D eigenvalue weighted by atomic mass is 10.2. The zero-order chi connectivity index (χ0) is 13.7. The first kappa shape index (κ1) is 13.2. The number of nitrogen functional groups attached to an aromatic ring is 1. The van der Waals surface area contributed by atoms with Gasteiger partial charge in [-0.25, -0.2) is 0 Å². The van der Waals surface area contributed by atoms with Crippen molar-refractivity contribution in [3.8, 4) is 0 Å². The predicted octanol–water partition coefficient (Wildman–Crippen LogP) is 3.57. The minimum Gasteiger partial charge on any atom is -0.399 e. The minimum atomic E-state index is -0.231. The van der Waals surface area contributed by atoms with Gasteiger partial charge in [-0.3, -0.25) is 4.79 Å². The monoisotopic (exact) mass is 272 g/mol. The molecule has 2 rings (SSSR count). The molecule has 1 amide bonds. The molecule has 0 aliphatic rings. The summed E-state index contributed by atoms with van der Waals surface area (Å²) >= 11 is 5.99. The number of hydrogen-bond donors (Lipinski definition) is 2. The predicted molar refractivity (Wildman–Crippen MR) is 80.0 cm³/mol. The largest absolute Gasteiger partial charge is 0.399 e. The zero-order valence-electron chi connectivity index (χ0n) is 10.1. The van der Waals surface area contributed by atoms with Crippen LogP contribution >= 0.6 is 11.6 Å². The topological polar surface area (TPSA) is 55.1 Å². The first-order valence-electron chi connectivity index (χ1n) is 5.74. The molecule has 0 aliphatic heterocycles. The quantitative estimate of drug-likeness (QED) is 0.663. The Morgan fingerprint density at radius 2 is 1.95 bits per heavy atom. The van der Waals surface area contributed by atoms with E-state index >= 15 is 0 Å². The van der Waals surface area contributed by atoms with E-state index in [0.29, 0.717) is 16.4 Å². The van der Waals surface area contributed by atoms with Crippen molar-refractivity contribution >= 4 is 35.0 Å². The molecule has 0 saturated carbocycles. The van der Waals surface area contributed by atoms with E-state index in [4.69, 9.17) is 17.3 Å². The molecular weight excluding hydrogens is 260 g/mol. The van der Waals surface area contributed by atoms with E-state index in [1.54, 1.807) is 36.4 Å². The summed E-state index contributed by atoms with van der Waals surface area (Å²) in [5, 5.41) is 3.33. The van der Waals surface area contributed by atoms with Gasteiger partial charge in [0.15, 0.2) is 0 Å². The van der Waals surface area contributed by atoms with Gasteiger partial charge < -0.3 is 11.1 Å². The Morgan fingerprint density at radius 3 is 2.68 bits per heavy atom. The molecular formula is C15H13ClN2O. The van der Waals surface area contributed by atoms with Crippen molar-refractivity contribution in [1.29, 1.82) is 0 Å². The van der Waals surface area contributed by atoms with E-state index < -0.39 is 0 Å². The summed E-state index contributed by atoms with van der Waals surface area (Å²) in [6, 6.07) is 14.3. The zero-order valence-corrected chi connectivity index (χ0v) is 10.9. The number of anilines is 2. The highest BCUT2D eigenvalue weighted by Crippen LogP contribution is 2.16. The van der Waals surface area contributed by atoms with Gasteiger partial charge in [0.2, 0.25) is 5.91 Å². The molecule has 0 fully saturated rings. The fraction of sp³-hybridized carbons (Fsp3) is 0. The van der Waals surface area contributed by atoms with Crippen LogP contribution in [0, 0.1) is 0 Å². The standard InChI is InChI=1S/C15H13ClN2O/c16-14-7-2-1-4-11(14)8-9-15(19)18-13-6-3-5-12(17)10-13/h1-10H,17H2,(H,18,19)/b9-8+. The van der Waals surface area contributed by atoms with Crippen molar-refractivity contribution in [3.05, 3.63) is 65.2 Å². The second-order valence-electron chi connectivity index (χ2n) is 3.97. The van der Waals surface area contributed by atoms with Gasteiger partial charge in [0.1, 0.15) is 0 Å². The Hall–Kier alpha value is -2.26. The van der Waals surface area contributed by atoms with Crippen LogP contribution in [0.3, 0.4) is 0 Å². The Balaban J connectivity index is 2.04. The lowest BCUT2D eigenvalue weighted by Gasteiger charge is -2.02. The first-order valence-corrected chi connectivity index (χ1v) is 6.12. The van der Waals surface area contributed by atoms with E-state index in [1.165, 1.54) is 6.08 Å². The Morgan fingerprint density at radius 1 is 1.16 bits per heavy atom. The van der Waals surface area contributed by atoms with Crippen LogP contribution in [0.5, 0.6) is 0 Å². The molecule has 0 atom stereocenters. The number of amides is 1. The number of carbonyl (C=O) groups is 1. The normalized spacial score (nSPS) is 10.6. The van der Waals surface area contributed by atoms with Crippen molar-refractivity contribution in [2.75, 3.05) is 11.1 Å². The minimum absolute atomic E-state index is 0.231. The highest BCUT2D eigenvalue weighted by molar-refractivity contribution is 6.32. The molecule has 3 N–H and O–H groups in total. The summed E-state index contributed by atoms with van der Waals surface area (Å²) < 4.78 is 0. The Labute approximate surface area is 116 Å². The van der Waals surface area contributed by atoms with E-state index in [9.17, 15) is 4.79 Å². The maximum Gasteiger partial charge on any atom is 0.248 e. The van der Waals surface area contributed by atoms with Gasteiger partial charge in [-0.1, -0.05) is 35.9 Å². The summed E-state index contributed by atoms with van der Waals surface area (Å²) in [5.41, 5.74) is 7.70. The van der Waals surface area contributed by atoms with Gasteiger partial charge in [-0.05, 0) is 35.9 Å². The van der Waals surface area contributed by atoms with Gasteiger partial charge >= 0.3 is 0 Å². The molecule has 2 aromatic rings. The molecule has 0 radical (unpaired) electrons. The fourth-order valence-corrected chi connectivity index (χ4v) is 1.77. The molecule has 0 heterocycles. The van der Waals surface area contributed by atoms with Crippen molar-refractivity contribution in [1.82, 2.24) is 0 Å². The average molecular weight is 273 g/mol. The van der Waals surface area contributed by atoms with Gasteiger partial charge in [-0.2, -0.15) is 0 Å². The molecule has 4 heteroatoms. The first-order chi connectivity index (χ1) is 9.15. The van der Waals surface area contributed by atoms with Gasteiger partial charge in [0.25, 0.3) is 0 Å². The van der Waals surface area contributed by atoms with Crippen LogP contribution in [0.2, 0.25) is 5.02 Å². The maximum absolute atomic E-state index is 11.7. The molecule has 19 heavy (non-hydrogen) atoms. The number of nitrogens with two attached hydrogens (primary N) is 1. The van der Waals surface area contributed by atoms with Crippen LogP contribution in [0.15, 0.2) is 54.6 Å². The summed E-state index contributed by atoms with van der Waals surface area (Å²) in [7, 11) is 0.